The first-order valence-electron chi connectivity index (χ1n) is 5.82. The molecule has 0 radical (unpaired) electrons. The van der Waals surface area contributed by atoms with Crippen LogP contribution >= 0.6 is 22.7 Å². The molecule has 1 N–H and O–H groups in total. The van der Waals surface area contributed by atoms with E-state index in [0.717, 1.165) is 9.88 Å². The molecule has 0 saturated heterocycles. The van der Waals surface area contributed by atoms with Crippen LogP contribution in [0.15, 0.2) is 22.5 Å². The molecule has 0 aliphatic carbocycles. The maximum atomic E-state index is 12.4. The molecule has 0 spiro atoms. The van der Waals surface area contributed by atoms with Crippen LogP contribution < -0.4 is 4.72 Å². The Bertz CT molecular complexity index is 846. The monoisotopic (exact) mass is 328 g/mol. The molecule has 0 unspecified atom stereocenters. The Hall–Kier alpha value is -1.29. The van der Waals surface area contributed by atoms with Gasteiger partial charge in [-0.3, -0.25) is 0 Å². The highest BCUT2D eigenvalue weighted by atomic mass is 32.2. The van der Waals surface area contributed by atoms with E-state index in [1.807, 2.05) is 24.4 Å². The summed E-state index contributed by atoms with van der Waals surface area (Å²) in [6.45, 7) is 3.77. The molecule has 3 aromatic heterocycles. The highest BCUT2D eigenvalue weighted by Gasteiger charge is 2.25. The number of nitrogens with zero attached hydrogens (tertiary/aromatic N) is 3. The third kappa shape index (κ3) is 2.37. The van der Waals surface area contributed by atoms with E-state index < -0.39 is 10.0 Å². The summed E-state index contributed by atoms with van der Waals surface area (Å²) in [5.41, 5.74) is 0.461. The van der Waals surface area contributed by atoms with E-state index in [1.165, 1.54) is 27.2 Å². The molecule has 0 atom stereocenters. The number of rotatable bonds is 4. The summed E-state index contributed by atoms with van der Waals surface area (Å²) in [6, 6.07) is 3.78. The quantitative estimate of drug-likeness (QED) is 0.794. The average molecular weight is 328 g/mol. The minimum Gasteiger partial charge on any atom is -0.221 e. The lowest BCUT2D eigenvalue weighted by Crippen LogP contribution is -2.25. The first kappa shape index (κ1) is 13.7. The van der Waals surface area contributed by atoms with Gasteiger partial charge in [0, 0.05) is 11.4 Å². The van der Waals surface area contributed by atoms with Crippen LogP contribution in [0.3, 0.4) is 0 Å². The van der Waals surface area contributed by atoms with E-state index in [-0.39, 0.29) is 11.6 Å². The van der Waals surface area contributed by atoms with Gasteiger partial charge in [-0.2, -0.15) is 9.61 Å². The van der Waals surface area contributed by atoms with E-state index in [2.05, 4.69) is 14.8 Å². The van der Waals surface area contributed by atoms with Crippen molar-refractivity contribution in [1.82, 2.24) is 19.3 Å². The number of aryl methyl sites for hydroxylation is 2. The summed E-state index contributed by atoms with van der Waals surface area (Å²) in [4.78, 5) is 5.80. The highest BCUT2D eigenvalue weighted by Crippen LogP contribution is 2.21. The Kier molecular flexibility index (Phi) is 3.36. The summed E-state index contributed by atoms with van der Waals surface area (Å²) in [7, 11) is -3.64. The second-order valence-electron chi connectivity index (χ2n) is 4.22. The number of hydrogen-bond acceptors (Lipinski definition) is 6. The molecule has 0 aliphatic rings. The molecule has 20 heavy (non-hydrogen) atoms. The SMILES string of the molecule is Cc1nn2c(S(=O)(=O)NCc3cccs3)c(C)nc2s1. The van der Waals surface area contributed by atoms with Gasteiger partial charge >= 0.3 is 0 Å². The van der Waals surface area contributed by atoms with Crippen LogP contribution in [0.25, 0.3) is 4.96 Å². The van der Waals surface area contributed by atoms with Crippen molar-refractivity contribution in [2.75, 3.05) is 0 Å². The van der Waals surface area contributed by atoms with Gasteiger partial charge in [0.2, 0.25) is 4.96 Å². The molecule has 106 valence electrons. The van der Waals surface area contributed by atoms with E-state index in [1.54, 1.807) is 6.92 Å². The van der Waals surface area contributed by atoms with E-state index >= 15 is 0 Å². The second kappa shape index (κ2) is 4.92. The van der Waals surface area contributed by atoms with Crippen molar-refractivity contribution in [3.63, 3.8) is 0 Å². The number of hydrogen-bond donors (Lipinski definition) is 1. The summed E-state index contributed by atoms with van der Waals surface area (Å²) < 4.78 is 28.8. The Labute approximate surface area is 124 Å². The van der Waals surface area contributed by atoms with Gasteiger partial charge in [-0.1, -0.05) is 17.4 Å². The number of nitrogens with one attached hydrogen (secondary N) is 1. The molecule has 0 amide bonds. The van der Waals surface area contributed by atoms with Crippen molar-refractivity contribution in [2.24, 2.45) is 0 Å². The Balaban J connectivity index is 1.98. The molecular formula is C11H12N4O2S3. The summed E-state index contributed by atoms with van der Waals surface area (Å²) >= 11 is 2.88. The van der Waals surface area contributed by atoms with Gasteiger partial charge in [0.25, 0.3) is 10.0 Å². The molecule has 0 aromatic carbocycles. The predicted octanol–water partition coefficient (Wildman–Crippen LogP) is 1.95. The first-order chi connectivity index (χ1) is 9.47. The van der Waals surface area contributed by atoms with Gasteiger partial charge in [0.05, 0.1) is 5.69 Å². The van der Waals surface area contributed by atoms with Crippen molar-refractivity contribution in [3.8, 4) is 0 Å². The van der Waals surface area contributed by atoms with Gasteiger partial charge in [-0.15, -0.1) is 11.3 Å². The van der Waals surface area contributed by atoms with E-state index in [0.29, 0.717) is 10.7 Å². The van der Waals surface area contributed by atoms with Gasteiger partial charge in [-0.05, 0) is 25.3 Å². The molecular weight excluding hydrogens is 316 g/mol. The van der Waals surface area contributed by atoms with Crippen molar-refractivity contribution < 1.29 is 8.42 Å². The maximum Gasteiger partial charge on any atom is 0.260 e. The molecule has 3 heterocycles. The zero-order valence-electron chi connectivity index (χ0n) is 10.8. The van der Waals surface area contributed by atoms with E-state index in [4.69, 9.17) is 0 Å². The minimum absolute atomic E-state index is 0.119. The van der Waals surface area contributed by atoms with Gasteiger partial charge < -0.3 is 0 Å². The van der Waals surface area contributed by atoms with Crippen LogP contribution in [0.4, 0.5) is 0 Å². The van der Waals surface area contributed by atoms with Gasteiger partial charge in [0.1, 0.15) is 5.01 Å². The van der Waals surface area contributed by atoms with Crippen LogP contribution in [0.1, 0.15) is 15.6 Å². The normalized spacial score (nSPS) is 12.3. The first-order valence-corrected chi connectivity index (χ1v) is 9.00. The number of fused-ring (bicyclic) bond motifs is 1. The Morgan fingerprint density at radius 1 is 1.40 bits per heavy atom. The standard InChI is InChI=1S/C11H12N4O2S3/c1-7-10(15-11(13-7)19-8(2)14-15)20(16,17)12-6-9-4-3-5-18-9/h3-5,12H,6H2,1-2H3. The number of sulfonamides is 1. The smallest absolute Gasteiger partial charge is 0.221 e. The maximum absolute atomic E-state index is 12.4. The lowest BCUT2D eigenvalue weighted by Gasteiger charge is -2.04. The minimum atomic E-state index is -3.64. The predicted molar refractivity (Wildman–Crippen MR) is 78.7 cm³/mol. The Morgan fingerprint density at radius 3 is 2.90 bits per heavy atom. The lowest BCUT2D eigenvalue weighted by molar-refractivity contribution is 0.573. The van der Waals surface area contributed by atoms with Crippen LogP contribution in [0.5, 0.6) is 0 Å². The number of aromatic nitrogens is 3. The fourth-order valence-corrected chi connectivity index (χ4v) is 4.74. The fourth-order valence-electron chi connectivity index (χ4n) is 1.88. The average Bonchev–Trinajstić information content (AvgIpc) is 3.02. The number of thiophene rings is 1. The zero-order valence-corrected chi connectivity index (χ0v) is 13.3. The molecule has 0 bridgehead atoms. The molecule has 0 saturated carbocycles. The topological polar surface area (TPSA) is 76.4 Å². The zero-order chi connectivity index (χ0) is 14.3. The molecule has 0 fully saturated rings. The van der Waals surface area contributed by atoms with Crippen molar-refractivity contribution in [2.45, 2.75) is 25.4 Å². The molecule has 6 nitrogen and oxygen atoms in total. The van der Waals surface area contributed by atoms with Gasteiger partial charge in [0.15, 0.2) is 5.03 Å². The third-order valence-electron chi connectivity index (χ3n) is 2.70. The molecule has 3 aromatic rings. The lowest BCUT2D eigenvalue weighted by atomic mass is 10.5. The second-order valence-corrected chi connectivity index (χ2v) is 8.10. The fraction of sp³-hybridized carbons (Fsp3) is 0.273. The van der Waals surface area contributed by atoms with Crippen molar-refractivity contribution in [1.29, 1.82) is 0 Å². The van der Waals surface area contributed by atoms with Crippen molar-refractivity contribution in [3.05, 3.63) is 33.1 Å². The molecule has 0 aliphatic heterocycles. The number of imidazole rings is 1. The Morgan fingerprint density at radius 2 is 2.20 bits per heavy atom. The van der Waals surface area contributed by atoms with Crippen LogP contribution in [-0.4, -0.2) is 23.0 Å². The van der Waals surface area contributed by atoms with Crippen LogP contribution in [0.2, 0.25) is 0 Å². The molecule has 3 rings (SSSR count). The summed E-state index contributed by atoms with van der Waals surface area (Å²) in [5.74, 6) is 0. The largest absolute Gasteiger partial charge is 0.260 e. The molecule has 9 heteroatoms. The van der Waals surface area contributed by atoms with Crippen LogP contribution in [0, 0.1) is 13.8 Å². The highest BCUT2D eigenvalue weighted by molar-refractivity contribution is 7.89. The summed E-state index contributed by atoms with van der Waals surface area (Å²) in [6.07, 6.45) is 0. The van der Waals surface area contributed by atoms with Crippen molar-refractivity contribution >= 4 is 37.7 Å². The van der Waals surface area contributed by atoms with Gasteiger partial charge in [-0.25, -0.2) is 18.1 Å². The summed E-state index contributed by atoms with van der Waals surface area (Å²) in [5, 5.41) is 7.01. The van der Waals surface area contributed by atoms with Crippen LogP contribution in [-0.2, 0) is 16.6 Å². The van der Waals surface area contributed by atoms with E-state index in [9.17, 15) is 8.42 Å². The third-order valence-corrected chi connectivity index (χ3v) is 5.90.